The Hall–Kier alpha value is -2.42. The molecule has 1 atom stereocenters. The maximum Gasteiger partial charge on any atom is 0.255 e. The van der Waals surface area contributed by atoms with Crippen molar-refractivity contribution in [3.05, 3.63) is 59.7 Å². The molecule has 0 aliphatic carbocycles. The second-order valence-electron chi connectivity index (χ2n) is 6.90. The topological polar surface area (TPSA) is 84.9 Å². The van der Waals surface area contributed by atoms with Gasteiger partial charge < -0.3 is 14.8 Å². The summed E-state index contributed by atoms with van der Waals surface area (Å²) < 4.78 is 37.6. The molecule has 0 aliphatic heterocycles. The fourth-order valence-electron chi connectivity index (χ4n) is 3.13. The van der Waals surface area contributed by atoms with Crippen LogP contribution in [0.5, 0.6) is 5.75 Å². The first-order valence-corrected chi connectivity index (χ1v) is 12.0. The molecule has 0 radical (unpaired) electrons. The molecule has 1 unspecified atom stereocenters. The summed E-state index contributed by atoms with van der Waals surface area (Å²) in [5.74, 6) is 0.229. The summed E-state index contributed by atoms with van der Waals surface area (Å²) in [6, 6.07) is 13.3. The first-order valence-electron chi connectivity index (χ1n) is 10.6. The number of hydrogen-bond acceptors (Lipinski definition) is 5. The zero-order valence-corrected chi connectivity index (χ0v) is 19.4. The van der Waals surface area contributed by atoms with E-state index in [1.165, 1.54) is 4.31 Å². The van der Waals surface area contributed by atoms with Crippen molar-refractivity contribution in [1.29, 1.82) is 0 Å². The number of para-hydroxylation sites is 1. The highest BCUT2D eigenvalue weighted by Crippen LogP contribution is 2.22. The van der Waals surface area contributed by atoms with Gasteiger partial charge >= 0.3 is 0 Å². The van der Waals surface area contributed by atoms with Gasteiger partial charge in [0.2, 0.25) is 10.0 Å². The van der Waals surface area contributed by atoms with Gasteiger partial charge in [0.1, 0.15) is 12.4 Å². The van der Waals surface area contributed by atoms with Crippen molar-refractivity contribution in [2.75, 3.05) is 32.9 Å². The fraction of sp³-hybridized carbons (Fsp3) is 0.435. The van der Waals surface area contributed by atoms with E-state index in [1.807, 2.05) is 33.8 Å². The number of hydrogen-bond donors (Lipinski definition) is 1. The fourth-order valence-corrected chi connectivity index (χ4v) is 4.59. The number of carbonyl (C=O) groups excluding carboxylic acids is 1. The summed E-state index contributed by atoms with van der Waals surface area (Å²) in [6.45, 7) is 9.63. The summed E-state index contributed by atoms with van der Waals surface area (Å²) in [5, 5.41) is 2.95. The van der Waals surface area contributed by atoms with Gasteiger partial charge in [0.05, 0.1) is 23.1 Å². The number of nitrogens with one attached hydrogen (secondary N) is 1. The molecule has 0 aliphatic rings. The Morgan fingerprint density at radius 3 is 2.26 bits per heavy atom. The first kappa shape index (κ1) is 24.8. The summed E-state index contributed by atoms with van der Waals surface area (Å²) in [6.07, 6.45) is 0. The third-order valence-corrected chi connectivity index (χ3v) is 6.96. The third-order valence-electron chi connectivity index (χ3n) is 4.89. The molecule has 0 saturated carbocycles. The molecule has 1 amide bonds. The summed E-state index contributed by atoms with van der Waals surface area (Å²) in [7, 11) is -3.51. The normalized spacial score (nSPS) is 12.5. The molecule has 8 heteroatoms. The van der Waals surface area contributed by atoms with Gasteiger partial charge in [0.25, 0.3) is 5.91 Å². The van der Waals surface area contributed by atoms with Crippen molar-refractivity contribution in [2.24, 2.45) is 0 Å². The van der Waals surface area contributed by atoms with Crippen LogP contribution in [0, 0.1) is 0 Å². The molecule has 0 spiro atoms. The molecule has 31 heavy (non-hydrogen) atoms. The maximum atomic E-state index is 12.8. The number of nitrogens with zero attached hydrogens (tertiary/aromatic N) is 1. The van der Waals surface area contributed by atoms with E-state index in [0.29, 0.717) is 44.2 Å². The van der Waals surface area contributed by atoms with Crippen molar-refractivity contribution in [3.8, 4) is 5.75 Å². The molecule has 170 valence electrons. The summed E-state index contributed by atoms with van der Waals surface area (Å²) in [5.41, 5.74) is 1.24. The molecule has 0 aromatic heterocycles. The van der Waals surface area contributed by atoms with Crippen molar-refractivity contribution in [2.45, 2.75) is 38.6 Å². The Morgan fingerprint density at radius 1 is 1.00 bits per heavy atom. The monoisotopic (exact) mass is 448 g/mol. The summed E-state index contributed by atoms with van der Waals surface area (Å²) in [4.78, 5) is 13.0. The van der Waals surface area contributed by atoms with Gasteiger partial charge in [-0.1, -0.05) is 38.1 Å². The van der Waals surface area contributed by atoms with E-state index in [0.717, 1.165) is 5.56 Å². The Kier molecular flexibility index (Phi) is 9.48. The van der Waals surface area contributed by atoms with Crippen LogP contribution in [-0.2, 0) is 14.8 Å². The highest BCUT2D eigenvalue weighted by Gasteiger charge is 2.22. The lowest BCUT2D eigenvalue weighted by atomic mass is 10.1. The van der Waals surface area contributed by atoms with Gasteiger partial charge in [0, 0.05) is 19.7 Å². The average Bonchev–Trinajstić information content (AvgIpc) is 2.77. The van der Waals surface area contributed by atoms with Crippen LogP contribution in [0.15, 0.2) is 53.4 Å². The van der Waals surface area contributed by atoms with Crippen LogP contribution in [0.25, 0.3) is 0 Å². The molecule has 2 rings (SSSR count). The molecule has 2 aromatic rings. The second-order valence-corrected chi connectivity index (χ2v) is 8.83. The van der Waals surface area contributed by atoms with Crippen LogP contribution in [0.4, 0.5) is 0 Å². The Labute approximate surface area is 185 Å². The zero-order valence-electron chi connectivity index (χ0n) is 18.6. The van der Waals surface area contributed by atoms with Crippen molar-refractivity contribution in [1.82, 2.24) is 9.62 Å². The highest BCUT2D eigenvalue weighted by atomic mass is 32.2. The molecule has 0 saturated heterocycles. The molecular formula is C23H32N2O5S. The number of sulfonamides is 1. The van der Waals surface area contributed by atoms with Gasteiger partial charge in [-0.05, 0) is 43.7 Å². The smallest absolute Gasteiger partial charge is 0.255 e. The van der Waals surface area contributed by atoms with Crippen LogP contribution in [0.1, 0.15) is 49.7 Å². The molecule has 0 heterocycles. The largest absolute Gasteiger partial charge is 0.490 e. The average molecular weight is 449 g/mol. The van der Waals surface area contributed by atoms with Gasteiger partial charge in [-0.3, -0.25) is 4.79 Å². The number of rotatable bonds is 12. The predicted octanol–water partition coefficient (Wildman–Crippen LogP) is 3.62. The van der Waals surface area contributed by atoms with E-state index in [2.05, 4.69) is 5.32 Å². The number of amides is 1. The minimum absolute atomic E-state index is 0.242. The lowest BCUT2D eigenvalue weighted by Gasteiger charge is -2.19. The number of carbonyl (C=O) groups is 1. The van der Waals surface area contributed by atoms with E-state index >= 15 is 0 Å². The molecule has 0 bridgehead atoms. The van der Waals surface area contributed by atoms with Crippen molar-refractivity contribution < 1.29 is 22.7 Å². The minimum atomic E-state index is -3.51. The molecule has 7 nitrogen and oxygen atoms in total. The lowest BCUT2D eigenvalue weighted by Crippen LogP contribution is -2.30. The van der Waals surface area contributed by atoms with Crippen LogP contribution >= 0.6 is 0 Å². The third kappa shape index (κ3) is 6.53. The molecule has 1 N–H and O–H groups in total. The van der Waals surface area contributed by atoms with E-state index in [4.69, 9.17) is 9.47 Å². The van der Waals surface area contributed by atoms with E-state index in [1.54, 1.807) is 42.5 Å². The Morgan fingerprint density at radius 2 is 1.65 bits per heavy atom. The van der Waals surface area contributed by atoms with E-state index in [-0.39, 0.29) is 16.8 Å². The Bertz CT molecular complexity index is 941. The Balaban J connectivity index is 2.09. The van der Waals surface area contributed by atoms with Crippen LogP contribution in [0.3, 0.4) is 0 Å². The minimum Gasteiger partial charge on any atom is -0.490 e. The highest BCUT2D eigenvalue weighted by molar-refractivity contribution is 7.89. The quantitative estimate of drug-likeness (QED) is 0.501. The maximum absolute atomic E-state index is 12.8. The standard InChI is InChI=1S/C23H32N2O5S/c1-5-25(6-2)31(27,28)20-14-12-19(13-15-20)18(4)24-23(26)21-10-8-9-11-22(21)30-17-16-29-7-3/h8-15,18H,5-7,16-17H2,1-4H3,(H,24,26). The van der Waals surface area contributed by atoms with Crippen molar-refractivity contribution in [3.63, 3.8) is 0 Å². The van der Waals surface area contributed by atoms with Gasteiger partial charge in [0.15, 0.2) is 0 Å². The lowest BCUT2D eigenvalue weighted by molar-refractivity contribution is 0.0923. The van der Waals surface area contributed by atoms with Crippen LogP contribution in [-0.4, -0.2) is 51.5 Å². The van der Waals surface area contributed by atoms with Crippen molar-refractivity contribution >= 4 is 15.9 Å². The molecular weight excluding hydrogens is 416 g/mol. The summed E-state index contributed by atoms with van der Waals surface area (Å²) >= 11 is 0. The SMILES string of the molecule is CCOCCOc1ccccc1C(=O)NC(C)c1ccc(S(=O)(=O)N(CC)CC)cc1. The molecule has 2 aromatic carbocycles. The first-order chi connectivity index (χ1) is 14.8. The van der Waals surface area contributed by atoms with E-state index in [9.17, 15) is 13.2 Å². The predicted molar refractivity (Wildman–Crippen MR) is 121 cm³/mol. The second kappa shape index (κ2) is 11.8. The number of benzene rings is 2. The van der Waals surface area contributed by atoms with Gasteiger partial charge in [-0.15, -0.1) is 0 Å². The van der Waals surface area contributed by atoms with E-state index < -0.39 is 10.0 Å². The van der Waals surface area contributed by atoms with Gasteiger partial charge in [-0.2, -0.15) is 4.31 Å². The van der Waals surface area contributed by atoms with Gasteiger partial charge in [-0.25, -0.2) is 8.42 Å². The van der Waals surface area contributed by atoms with Crippen LogP contribution in [0.2, 0.25) is 0 Å². The van der Waals surface area contributed by atoms with Crippen LogP contribution < -0.4 is 10.1 Å². The molecule has 0 fully saturated rings. The zero-order chi connectivity index (χ0) is 22.9. The number of ether oxygens (including phenoxy) is 2.